The van der Waals surface area contributed by atoms with E-state index in [2.05, 4.69) is 17.3 Å². The molecule has 7 heteroatoms. The van der Waals surface area contributed by atoms with Crippen molar-refractivity contribution in [3.63, 3.8) is 0 Å². The lowest BCUT2D eigenvalue weighted by Gasteiger charge is -2.16. The first-order chi connectivity index (χ1) is 16.6. The molecule has 2 aromatic rings. The number of nitrogens with zero attached hydrogens (tertiary/aromatic N) is 2. The van der Waals surface area contributed by atoms with Gasteiger partial charge < -0.3 is 5.11 Å². The van der Waals surface area contributed by atoms with Crippen molar-refractivity contribution in [3.05, 3.63) is 40.4 Å². The summed E-state index contributed by atoms with van der Waals surface area (Å²) in [5, 5.41) is 11.1. The van der Waals surface area contributed by atoms with Crippen LogP contribution in [0.4, 0.5) is 0 Å². The molecule has 1 heterocycles. The van der Waals surface area contributed by atoms with Gasteiger partial charge in [0.25, 0.3) is 5.56 Å². The molecule has 0 saturated heterocycles. The molecule has 0 bridgehead atoms. The summed E-state index contributed by atoms with van der Waals surface area (Å²) >= 11 is 0. The molecule has 0 fully saturated rings. The Hall–Kier alpha value is -2.09. The summed E-state index contributed by atoms with van der Waals surface area (Å²) in [5.74, 6) is 4.85. The predicted molar refractivity (Wildman–Crippen MR) is 139 cm³/mol. The van der Waals surface area contributed by atoms with E-state index in [-0.39, 0.29) is 12.4 Å². The molecule has 34 heavy (non-hydrogen) atoms. The van der Waals surface area contributed by atoms with Gasteiger partial charge in [-0.25, -0.2) is 9.55 Å². The smallest absolute Gasteiger partial charge is 0.268 e. The van der Waals surface area contributed by atoms with Crippen LogP contribution >= 0.6 is 0 Å². The van der Waals surface area contributed by atoms with E-state index >= 15 is 0 Å². The lowest BCUT2D eigenvalue weighted by Crippen LogP contribution is -2.39. The van der Waals surface area contributed by atoms with Gasteiger partial charge in [0.1, 0.15) is 11.9 Å². The maximum absolute atomic E-state index is 12.9. The quantitative estimate of drug-likeness (QED) is 0.152. The third kappa shape index (κ3) is 9.28. The molecule has 190 valence electrons. The van der Waals surface area contributed by atoms with Crippen molar-refractivity contribution in [2.24, 2.45) is 5.84 Å². The van der Waals surface area contributed by atoms with Gasteiger partial charge in [-0.3, -0.25) is 20.9 Å². The Morgan fingerprint density at radius 1 is 0.941 bits per heavy atom. The topological polar surface area (TPSA) is 110 Å². The van der Waals surface area contributed by atoms with Crippen LogP contribution in [0.3, 0.4) is 0 Å². The third-order valence-electron chi connectivity index (χ3n) is 6.43. The second-order valence-electron chi connectivity index (χ2n) is 9.30. The monoisotopic (exact) mass is 472 g/mol. The highest BCUT2D eigenvalue weighted by Gasteiger charge is 2.21. The van der Waals surface area contributed by atoms with E-state index in [1.807, 2.05) is 0 Å². The first-order valence-electron chi connectivity index (χ1n) is 13.3. The number of nitrogens with two attached hydrogens (primary N) is 1. The standard InChI is InChI=1S/C27H44N4O3/c1-2-3-4-5-6-7-8-9-10-11-12-13-14-15-20-24(32)26-30-23-19-17-16-18-22(23)27(34)31(26)25(33)21-29-28/h16-19,24,29,32H,2-15,20-21,28H2,1H3. The number of fused-ring (bicyclic) bond motifs is 1. The minimum Gasteiger partial charge on any atom is -0.385 e. The molecular formula is C27H44N4O3. The van der Waals surface area contributed by atoms with Crippen molar-refractivity contribution in [3.8, 4) is 0 Å². The average molecular weight is 473 g/mol. The molecule has 1 aromatic heterocycles. The second kappa shape index (κ2) is 16.5. The molecule has 1 atom stereocenters. The maximum atomic E-state index is 12.9. The normalized spacial score (nSPS) is 12.3. The molecule has 0 spiro atoms. The van der Waals surface area contributed by atoms with Gasteiger partial charge in [0, 0.05) is 0 Å². The Balaban J connectivity index is 1.72. The Morgan fingerprint density at radius 3 is 2.03 bits per heavy atom. The van der Waals surface area contributed by atoms with Gasteiger partial charge in [0.15, 0.2) is 0 Å². The SMILES string of the molecule is CCCCCCCCCCCCCCCCC(O)c1nc2ccccc2c(=O)n1C(=O)CNN. The summed E-state index contributed by atoms with van der Waals surface area (Å²) in [5.41, 5.74) is 2.29. The Bertz CT molecular complexity index is 912. The zero-order chi connectivity index (χ0) is 24.6. The number of aliphatic hydroxyl groups is 1. The fourth-order valence-corrected chi connectivity index (χ4v) is 4.44. The average Bonchev–Trinajstić information content (AvgIpc) is 2.84. The van der Waals surface area contributed by atoms with Crippen molar-refractivity contribution in [2.45, 2.75) is 109 Å². The molecular weight excluding hydrogens is 428 g/mol. The lowest BCUT2D eigenvalue weighted by molar-refractivity contribution is 0.0872. The number of aromatic nitrogens is 2. The highest BCUT2D eigenvalue weighted by molar-refractivity contribution is 5.85. The number of para-hydroxylation sites is 1. The summed E-state index contributed by atoms with van der Waals surface area (Å²) in [6.07, 6.45) is 17.2. The highest BCUT2D eigenvalue weighted by atomic mass is 16.3. The second-order valence-corrected chi connectivity index (χ2v) is 9.30. The molecule has 0 aliphatic carbocycles. The largest absolute Gasteiger partial charge is 0.385 e. The van der Waals surface area contributed by atoms with Crippen molar-refractivity contribution >= 4 is 16.8 Å². The minimum atomic E-state index is -0.976. The van der Waals surface area contributed by atoms with Crippen LogP contribution in [0.2, 0.25) is 0 Å². The maximum Gasteiger partial charge on any atom is 0.268 e. The Kier molecular flexibility index (Phi) is 13.7. The van der Waals surface area contributed by atoms with Gasteiger partial charge >= 0.3 is 0 Å². The fourth-order valence-electron chi connectivity index (χ4n) is 4.44. The summed E-state index contributed by atoms with van der Waals surface area (Å²) in [7, 11) is 0. The van der Waals surface area contributed by atoms with Crippen LogP contribution in [-0.4, -0.2) is 27.1 Å². The van der Waals surface area contributed by atoms with Gasteiger partial charge in [0.2, 0.25) is 5.91 Å². The number of nitrogens with one attached hydrogen (secondary N) is 1. The minimum absolute atomic E-state index is 0.0960. The molecule has 7 nitrogen and oxygen atoms in total. The van der Waals surface area contributed by atoms with Crippen molar-refractivity contribution in [2.75, 3.05) is 6.54 Å². The third-order valence-corrected chi connectivity index (χ3v) is 6.43. The lowest BCUT2D eigenvalue weighted by atomic mass is 10.0. The summed E-state index contributed by atoms with van der Waals surface area (Å²) in [6, 6.07) is 6.86. The van der Waals surface area contributed by atoms with E-state index in [1.165, 1.54) is 70.6 Å². The number of hydrogen-bond acceptors (Lipinski definition) is 6. The zero-order valence-electron chi connectivity index (χ0n) is 20.9. The van der Waals surface area contributed by atoms with Crippen LogP contribution in [0, 0.1) is 0 Å². The number of aliphatic hydroxyl groups excluding tert-OH is 1. The Morgan fingerprint density at radius 2 is 1.47 bits per heavy atom. The number of carbonyl (C=O) groups is 1. The first kappa shape index (κ1) is 28.1. The van der Waals surface area contributed by atoms with E-state index in [0.717, 1.165) is 23.8 Å². The van der Waals surface area contributed by atoms with Gasteiger partial charge in [0.05, 0.1) is 17.4 Å². The highest BCUT2D eigenvalue weighted by Crippen LogP contribution is 2.20. The van der Waals surface area contributed by atoms with Crippen molar-refractivity contribution in [1.82, 2.24) is 15.0 Å². The fraction of sp³-hybridized carbons (Fsp3) is 0.667. The van der Waals surface area contributed by atoms with Crippen LogP contribution in [0.5, 0.6) is 0 Å². The van der Waals surface area contributed by atoms with Gasteiger partial charge in [-0.1, -0.05) is 109 Å². The van der Waals surface area contributed by atoms with E-state index in [4.69, 9.17) is 5.84 Å². The van der Waals surface area contributed by atoms with Gasteiger partial charge in [-0.2, -0.15) is 0 Å². The molecule has 0 saturated carbocycles. The molecule has 0 radical (unpaired) electrons. The van der Waals surface area contributed by atoms with Gasteiger partial charge in [-0.05, 0) is 18.6 Å². The van der Waals surface area contributed by atoms with Crippen LogP contribution in [0.25, 0.3) is 10.9 Å². The number of benzene rings is 1. The zero-order valence-corrected chi connectivity index (χ0v) is 20.9. The van der Waals surface area contributed by atoms with E-state index in [1.54, 1.807) is 24.3 Å². The Labute approximate surface area is 204 Å². The molecule has 4 N–H and O–H groups in total. The first-order valence-corrected chi connectivity index (χ1v) is 13.3. The van der Waals surface area contributed by atoms with Gasteiger partial charge in [-0.15, -0.1) is 0 Å². The number of rotatable bonds is 18. The molecule has 2 rings (SSSR count). The van der Waals surface area contributed by atoms with E-state index in [9.17, 15) is 14.7 Å². The molecule has 1 unspecified atom stereocenters. The van der Waals surface area contributed by atoms with Crippen molar-refractivity contribution < 1.29 is 9.90 Å². The molecule has 0 amide bonds. The number of carbonyl (C=O) groups excluding carboxylic acids is 1. The van der Waals surface area contributed by atoms with Crippen molar-refractivity contribution in [1.29, 1.82) is 0 Å². The summed E-state index contributed by atoms with van der Waals surface area (Å²) in [6.45, 7) is 2.05. The molecule has 1 aromatic carbocycles. The number of unbranched alkanes of at least 4 members (excludes halogenated alkanes) is 13. The van der Waals surface area contributed by atoms with Crippen LogP contribution in [-0.2, 0) is 0 Å². The predicted octanol–water partition coefficient (Wildman–Crippen LogP) is 5.40. The van der Waals surface area contributed by atoms with E-state index in [0.29, 0.717) is 17.3 Å². The summed E-state index contributed by atoms with van der Waals surface area (Å²) < 4.78 is 0.969. The number of hydrazine groups is 1. The van der Waals surface area contributed by atoms with Crippen LogP contribution in [0.15, 0.2) is 29.1 Å². The summed E-state index contributed by atoms with van der Waals surface area (Å²) in [4.78, 5) is 29.8. The van der Waals surface area contributed by atoms with E-state index < -0.39 is 17.6 Å². The molecule has 0 aliphatic rings. The number of hydrogen-bond donors (Lipinski definition) is 3. The van der Waals surface area contributed by atoms with Crippen LogP contribution < -0.4 is 16.8 Å². The van der Waals surface area contributed by atoms with Crippen LogP contribution in [0.1, 0.15) is 120 Å². The molecule has 0 aliphatic heterocycles.